The van der Waals surface area contributed by atoms with Crippen molar-refractivity contribution in [1.82, 2.24) is 0 Å². The molecule has 0 amide bonds. The van der Waals surface area contributed by atoms with Crippen LogP contribution in [0.2, 0.25) is 0 Å². The van der Waals surface area contributed by atoms with Gasteiger partial charge in [-0.1, -0.05) is 0 Å². The number of hydrogen-bond acceptors (Lipinski definition) is 0. The fourth-order valence-corrected chi connectivity index (χ4v) is 11.5. The monoisotopic (exact) mass is 653 g/mol. The van der Waals surface area contributed by atoms with Crippen LogP contribution in [0.1, 0.15) is 91.0 Å². The van der Waals surface area contributed by atoms with Crippen LogP contribution in [-0.2, 0) is 28.2 Å². The van der Waals surface area contributed by atoms with E-state index in [1.54, 1.807) is 17.6 Å². The first kappa shape index (κ1) is 31.1. The second kappa shape index (κ2) is 11.2. The van der Waals surface area contributed by atoms with Gasteiger partial charge in [0.25, 0.3) is 0 Å². The zero-order valence-corrected chi connectivity index (χ0v) is 30.8. The normalized spacial score (nSPS) is 19.7. The van der Waals surface area contributed by atoms with Gasteiger partial charge in [0, 0.05) is 0 Å². The van der Waals surface area contributed by atoms with Crippen molar-refractivity contribution in [3.05, 3.63) is 152 Å². The first-order valence-electron chi connectivity index (χ1n) is 16.2. The van der Waals surface area contributed by atoms with Gasteiger partial charge in [0.15, 0.2) is 0 Å². The van der Waals surface area contributed by atoms with Gasteiger partial charge < -0.3 is 0 Å². The third-order valence-electron chi connectivity index (χ3n) is 10.6. The van der Waals surface area contributed by atoms with Crippen molar-refractivity contribution in [2.75, 3.05) is 0 Å². The Balaban J connectivity index is 1.86. The summed E-state index contributed by atoms with van der Waals surface area (Å²) in [5.41, 5.74) is 14.8. The van der Waals surface area contributed by atoms with Crippen LogP contribution in [-0.4, -0.2) is 3.21 Å². The Bertz CT molecular complexity index is 1900. The van der Waals surface area contributed by atoms with E-state index in [-0.39, 0.29) is 16.2 Å². The fourth-order valence-electron chi connectivity index (χ4n) is 7.59. The third kappa shape index (κ3) is 4.95. The number of aryl methyl sites for hydroxylation is 1. The summed E-state index contributed by atoms with van der Waals surface area (Å²) in [7, 11) is 0. The Morgan fingerprint density at radius 2 is 1.36 bits per heavy atom. The van der Waals surface area contributed by atoms with Crippen LogP contribution in [0.15, 0.2) is 119 Å². The maximum atomic E-state index is 2.58. The first-order chi connectivity index (χ1) is 20.7. The molecule has 1 unspecified atom stereocenters. The van der Waals surface area contributed by atoms with E-state index >= 15 is 0 Å². The number of rotatable bonds is 4. The molecule has 1 atom stereocenters. The van der Waals surface area contributed by atoms with Crippen LogP contribution in [0.4, 0.5) is 0 Å². The van der Waals surface area contributed by atoms with Gasteiger partial charge in [-0.25, -0.2) is 0 Å². The quantitative estimate of drug-likeness (QED) is 0.263. The molecule has 1 heteroatoms. The molecule has 0 aromatic heterocycles. The summed E-state index contributed by atoms with van der Waals surface area (Å²) >= 11 is -1.36. The zero-order chi connectivity index (χ0) is 31.6. The second-order valence-corrected chi connectivity index (χ2v) is 18.2. The predicted octanol–water partition coefficient (Wildman–Crippen LogP) is 9.50. The van der Waals surface area contributed by atoms with Crippen molar-refractivity contribution >= 4 is 12.1 Å². The van der Waals surface area contributed by atoms with Crippen LogP contribution in [0, 0.1) is 17.8 Å². The van der Waals surface area contributed by atoms with Crippen molar-refractivity contribution in [1.29, 1.82) is 0 Å². The molecule has 0 N–H and O–H groups in total. The molecule has 0 fully saturated rings. The van der Waals surface area contributed by atoms with Crippen molar-refractivity contribution < 1.29 is 22.8 Å². The van der Waals surface area contributed by atoms with Gasteiger partial charge >= 0.3 is 278 Å². The Morgan fingerprint density at radius 1 is 0.773 bits per heavy atom. The van der Waals surface area contributed by atoms with Crippen LogP contribution < -0.4 is 10.4 Å². The molecule has 44 heavy (non-hydrogen) atoms. The average Bonchev–Trinajstić information content (AvgIpc) is 3.62. The molecule has 6 rings (SSSR count). The van der Waals surface area contributed by atoms with Crippen molar-refractivity contribution in [2.24, 2.45) is 10.8 Å². The number of allylic oxidation sites excluding steroid dienone is 8. The molecule has 3 aromatic rings. The molecule has 223 valence electrons. The summed E-state index contributed by atoms with van der Waals surface area (Å²) in [4.78, 5) is 0. The molecule has 0 heterocycles. The zero-order valence-electron chi connectivity index (χ0n) is 28.4. The molecule has 0 spiro atoms. The number of hydrogen-bond donors (Lipinski definition) is 0. The summed E-state index contributed by atoms with van der Waals surface area (Å²) in [5, 5.41) is 2.99. The molecule has 0 nitrogen and oxygen atoms in total. The molecule has 3 aliphatic rings. The third-order valence-corrected chi connectivity index (χ3v) is 14.6. The molecule has 0 aliphatic heterocycles. The van der Waals surface area contributed by atoms with E-state index in [1.807, 2.05) is 0 Å². The average molecular weight is 655 g/mol. The van der Waals surface area contributed by atoms with Gasteiger partial charge in [0.2, 0.25) is 0 Å². The molecular weight excluding hydrogens is 608 g/mol. The van der Waals surface area contributed by atoms with Gasteiger partial charge in [-0.05, 0) is 0 Å². The van der Waals surface area contributed by atoms with Gasteiger partial charge in [0.05, 0.1) is 0 Å². The number of fused-ring (bicyclic) bond motifs is 2. The molecule has 3 aliphatic carbocycles. The SMILES string of the molecule is CC1=C(C)C(C)(C(C)(C)C)C(C2=CC=CC2)=C2[C]([Zr]=[C](c3ccccc3)c3ccccc3)=c3cc(C(C)(C)C)cc(C)c3=C12. The summed E-state index contributed by atoms with van der Waals surface area (Å²) in [6.45, 7) is 24.2. The Kier molecular flexibility index (Phi) is 7.90. The van der Waals surface area contributed by atoms with E-state index in [1.165, 1.54) is 55.0 Å². The summed E-state index contributed by atoms with van der Waals surface area (Å²) in [6, 6.07) is 27.5. The minimum atomic E-state index is -1.36. The van der Waals surface area contributed by atoms with E-state index in [0.29, 0.717) is 0 Å². The van der Waals surface area contributed by atoms with Gasteiger partial charge in [-0.2, -0.15) is 0 Å². The van der Waals surface area contributed by atoms with Crippen LogP contribution in [0.3, 0.4) is 0 Å². The van der Waals surface area contributed by atoms with E-state index in [0.717, 1.165) is 6.42 Å². The molecule has 3 aromatic carbocycles. The van der Waals surface area contributed by atoms with Gasteiger partial charge in [-0.3, -0.25) is 0 Å². The Labute approximate surface area is 276 Å². The van der Waals surface area contributed by atoms with Gasteiger partial charge in [0.1, 0.15) is 0 Å². The number of benzene rings is 3. The minimum absolute atomic E-state index is 0.0532. The molecular formula is C43H47Zr. The molecule has 0 radical (unpaired) electrons. The summed E-state index contributed by atoms with van der Waals surface area (Å²) < 4.78 is 3.21. The van der Waals surface area contributed by atoms with Crippen molar-refractivity contribution in [3.8, 4) is 0 Å². The van der Waals surface area contributed by atoms with Crippen LogP contribution >= 0.6 is 0 Å². The molecule has 0 saturated carbocycles. The topological polar surface area (TPSA) is 0 Å². The van der Waals surface area contributed by atoms with Crippen molar-refractivity contribution in [3.63, 3.8) is 0 Å². The Hall–Kier alpha value is -2.89. The van der Waals surface area contributed by atoms with E-state index in [2.05, 4.69) is 160 Å². The Morgan fingerprint density at radius 3 is 1.86 bits per heavy atom. The maximum absolute atomic E-state index is 2.58. The standard InChI is InChI=1S/C30H37.C13H10.Zr/c1-18-15-23(28(4,5)6)16-22-17-24-26(25(18)22)19(2)20(3)30(10,29(7,8)9)27(24)21-13-11-12-14-21;1-3-7-12(8-4-1)11-13-9-5-2-6-10-13;/h11-13,15-16H,14H2,1-10H3;1-10H;. The van der Waals surface area contributed by atoms with E-state index in [9.17, 15) is 0 Å². The van der Waals surface area contributed by atoms with Crippen LogP contribution in [0.25, 0.3) is 8.85 Å². The van der Waals surface area contributed by atoms with E-state index in [4.69, 9.17) is 0 Å². The fraction of sp³-hybridized carbons (Fsp3) is 0.326. The van der Waals surface area contributed by atoms with Crippen molar-refractivity contribution in [2.45, 2.75) is 81.1 Å². The molecule has 0 bridgehead atoms. The van der Waals surface area contributed by atoms with E-state index < -0.39 is 22.8 Å². The predicted molar refractivity (Wildman–Crippen MR) is 187 cm³/mol. The summed E-state index contributed by atoms with van der Waals surface area (Å²) in [6.07, 6.45) is 8.06. The summed E-state index contributed by atoms with van der Waals surface area (Å²) in [5.74, 6) is 0. The van der Waals surface area contributed by atoms with Crippen LogP contribution in [0.5, 0.6) is 0 Å². The first-order valence-corrected chi connectivity index (χ1v) is 18.7. The van der Waals surface area contributed by atoms with Gasteiger partial charge in [-0.15, -0.1) is 0 Å². The molecule has 0 saturated heterocycles. The second-order valence-electron chi connectivity index (χ2n) is 15.1.